The second-order valence-electron chi connectivity index (χ2n) is 27.3. The first-order valence-electron chi connectivity index (χ1n) is 37.1. The highest BCUT2D eigenvalue weighted by Gasteiger charge is 2.30. The SMILES string of the molecule is c1ccc(-c2nc(-c3ccc(-c4ccc5c(-c6ccccc6)c(-c6ccc(-c7nc(-c8ccccc8)c(-c8ccccc8)n7-c7ccccc7)cc6)c(-c6ccc(-c7nc(-c8ccccc8)c(-c8ccccc8)n7-c7ccccc7)cc6)c(-c6ccccc6)c5c4)cc3)n(-c3ccccc3)c2-c2ccccc2)cc1. The smallest absolute Gasteiger partial charge is 0.145 e. The van der Waals surface area contributed by atoms with E-state index >= 15 is 0 Å². The van der Waals surface area contributed by atoms with Gasteiger partial charge in [0.15, 0.2) is 0 Å². The molecule has 16 aromatic carbocycles. The van der Waals surface area contributed by atoms with Gasteiger partial charge < -0.3 is 0 Å². The lowest BCUT2D eigenvalue weighted by molar-refractivity contribution is 1.07. The number of fused-ring (bicyclic) bond motifs is 1. The molecule has 19 rings (SSSR count). The van der Waals surface area contributed by atoms with E-state index in [0.29, 0.717) is 0 Å². The van der Waals surface area contributed by atoms with Crippen molar-refractivity contribution >= 4 is 10.8 Å². The quantitative estimate of drug-likeness (QED) is 0.0913. The van der Waals surface area contributed by atoms with Crippen LogP contribution in [0.2, 0.25) is 0 Å². The maximum atomic E-state index is 5.69. The van der Waals surface area contributed by atoms with Gasteiger partial charge in [-0.3, -0.25) is 13.7 Å². The van der Waals surface area contributed by atoms with Crippen molar-refractivity contribution in [1.82, 2.24) is 28.7 Å². The second kappa shape index (κ2) is 28.8. The zero-order chi connectivity index (χ0) is 72.4. The average molecular weight is 1390 g/mol. The molecule has 6 heteroatoms. The molecule has 109 heavy (non-hydrogen) atoms. The van der Waals surface area contributed by atoms with Gasteiger partial charge in [-0.2, -0.15) is 0 Å². The van der Waals surface area contributed by atoms with Gasteiger partial charge in [-0.15, -0.1) is 0 Å². The van der Waals surface area contributed by atoms with Gasteiger partial charge in [0.25, 0.3) is 0 Å². The van der Waals surface area contributed by atoms with Crippen molar-refractivity contribution in [2.75, 3.05) is 0 Å². The van der Waals surface area contributed by atoms with Gasteiger partial charge in [0.2, 0.25) is 0 Å². The molecule has 19 aromatic rings. The molecule has 3 aromatic heterocycles. The van der Waals surface area contributed by atoms with Crippen LogP contribution < -0.4 is 0 Å². The molecule has 0 bridgehead atoms. The summed E-state index contributed by atoms with van der Waals surface area (Å²) in [6, 6.07) is 152. The molecule has 0 unspecified atom stereocenters. The van der Waals surface area contributed by atoms with E-state index in [1.807, 2.05) is 0 Å². The van der Waals surface area contributed by atoms with Gasteiger partial charge in [-0.25, -0.2) is 15.0 Å². The highest BCUT2D eigenvalue weighted by molar-refractivity contribution is 6.19. The van der Waals surface area contributed by atoms with Crippen molar-refractivity contribution in [2.24, 2.45) is 0 Å². The lowest BCUT2D eigenvalue weighted by Crippen LogP contribution is -2.01. The van der Waals surface area contributed by atoms with Gasteiger partial charge >= 0.3 is 0 Å². The zero-order valence-electron chi connectivity index (χ0n) is 59.6. The molecule has 512 valence electrons. The molecule has 0 N–H and O–H groups in total. The Morgan fingerprint density at radius 3 is 0.642 bits per heavy atom. The minimum atomic E-state index is 0.839. The van der Waals surface area contributed by atoms with Crippen LogP contribution in [0.15, 0.2) is 425 Å². The van der Waals surface area contributed by atoms with Crippen molar-refractivity contribution in [3.05, 3.63) is 425 Å². The first-order chi connectivity index (χ1) is 54.1. The minimum Gasteiger partial charge on any atom is -0.292 e. The van der Waals surface area contributed by atoms with Crippen molar-refractivity contribution in [1.29, 1.82) is 0 Å². The number of para-hydroxylation sites is 3. The Bertz CT molecular complexity index is 6390. The predicted molar refractivity (Wildman–Crippen MR) is 451 cm³/mol. The molecular formula is C103H70N6. The number of imidazole rings is 3. The van der Waals surface area contributed by atoms with Gasteiger partial charge in [0.05, 0.1) is 34.2 Å². The number of nitrogens with zero attached hydrogens (tertiary/aromatic N) is 6. The Morgan fingerprint density at radius 2 is 0.358 bits per heavy atom. The first-order valence-corrected chi connectivity index (χ1v) is 37.1. The summed E-state index contributed by atoms with van der Waals surface area (Å²) in [5.41, 5.74) is 29.2. The van der Waals surface area contributed by atoms with E-state index in [1.165, 1.54) is 0 Å². The van der Waals surface area contributed by atoms with Gasteiger partial charge in [0, 0.05) is 67.1 Å². The fourth-order valence-corrected chi connectivity index (χ4v) is 15.7. The van der Waals surface area contributed by atoms with E-state index in [4.69, 9.17) is 15.0 Å². The molecule has 0 saturated heterocycles. The molecule has 0 aliphatic heterocycles. The van der Waals surface area contributed by atoms with Crippen LogP contribution in [0.25, 0.3) is 185 Å². The maximum absolute atomic E-state index is 5.69. The topological polar surface area (TPSA) is 53.5 Å². The third-order valence-corrected chi connectivity index (χ3v) is 20.7. The Kier molecular flexibility index (Phi) is 17.2. The van der Waals surface area contributed by atoms with E-state index in [0.717, 1.165) is 185 Å². The summed E-state index contributed by atoms with van der Waals surface area (Å²) in [6.07, 6.45) is 0. The van der Waals surface area contributed by atoms with E-state index in [2.05, 4.69) is 438 Å². The first kappa shape index (κ1) is 65.2. The van der Waals surface area contributed by atoms with Crippen molar-refractivity contribution in [3.63, 3.8) is 0 Å². The van der Waals surface area contributed by atoms with Crippen LogP contribution in [-0.4, -0.2) is 28.7 Å². The standard InChI is InChI=1S/C103H70N6/c1-12-34-72(35-13-1)91-89-69-68-85(71-56-62-82(63-57-71)101-104-95(76-38-16-3-17-39-76)98(79-44-22-6-23-45-79)107(101)86-50-28-9-29-51-86)70-90(89)92(73-36-14-2-15-37-73)94(75-60-66-84(67-61-75)103-106-97(78-42-20-5-21-43-78)100(81-48-26-8-27-49-81)109(103)88-54-32-11-33-55-88)93(91)74-58-64-83(65-59-74)102-105-96(77-40-18-4-19-41-77)99(80-46-24-7-25-47-80)108(102)87-52-30-10-31-53-87/h1-70H. The van der Waals surface area contributed by atoms with E-state index in [9.17, 15) is 0 Å². The highest BCUT2D eigenvalue weighted by Crippen LogP contribution is 2.53. The summed E-state index contributed by atoms with van der Waals surface area (Å²) in [5, 5.41) is 2.25. The molecule has 0 aliphatic carbocycles. The van der Waals surface area contributed by atoms with E-state index in [1.54, 1.807) is 0 Å². The molecule has 0 aliphatic rings. The largest absolute Gasteiger partial charge is 0.292 e. The monoisotopic (exact) mass is 1390 g/mol. The fourth-order valence-electron chi connectivity index (χ4n) is 15.7. The molecule has 0 fully saturated rings. The van der Waals surface area contributed by atoms with Crippen LogP contribution in [0, 0.1) is 0 Å². The predicted octanol–water partition coefficient (Wildman–Crippen LogP) is 26.7. The van der Waals surface area contributed by atoms with Crippen molar-refractivity contribution in [2.45, 2.75) is 0 Å². The van der Waals surface area contributed by atoms with Crippen LogP contribution in [0.5, 0.6) is 0 Å². The highest BCUT2D eigenvalue weighted by atomic mass is 15.1. The summed E-state index contributed by atoms with van der Waals surface area (Å²) in [6.45, 7) is 0. The summed E-state index contributed by atoms with van der Waals surface area (Å²) >= 11 is 0. The molecule has 0 saturated carbocycles. The molecule has 3 heterocycles. The Hall–Kier alpha value is -14.6. The van der Waals surface area contributed by atoms with Crippen LogP contribution in [-0.2, 0) is 0 Å². The normalized spacial score (nSPS) is 11.3. The lowest BCUT2D eigenvalue weighted by Gasteiger charge is -2.25. The number of rotatable bonds is 17. The zero-order valence-corrected chi connectivity index (χ0v) is 59.6. The van der Waals surface area contributed by atoms with Crippen molar-refractivity contribution < 1.29 is 0 Å². The third kappa shape index (κ3) is 12.3. The van der Waals surface area contributed by atoms with Crippen molar-refractivity contribution in [3.8, 4) is 174 Å². The molecule has 0 radical (unpaired) electrons. The van der Waals surface area contributed by atoms with Crippen LogP contribution in [0.3, 0.4) is 0 Å². The molecule has 0 spiro atoms. The average Bonchev–Trinajstić information content (AvgIpc) is 1.59. The number of hydrogen-bond donors (Lipinski definition) is 0. The van der Waals surface area contributed by atoms with Crippen LogP contribution in [0.4, 0.5) is 0 Å². The van der Waals surface area contributed by atoms with E-state index < -0.39 is 0 Å². The fraction of sp³-hybridized carbons (Fsp3) is 0. The summed E-state index contributed by atoms with van der Waals surface area (Å²) in [4.78, 5) is 17.0. The summed E-state index contributed by atoms with van der Waals surface area (Å²) < 4.78 is 6.99. The lowest BCUT2D eigenvalue weighted by atomic mass is 9.78. The van der Waals surface area contributed by atoms with Gasteiger partial charge in [0.1, 0.15) is 17.5 Å². The number of benzene rings is 16. The Labute approximate surface area is 634 Å². The van der Waals surface area contributed by atoms with Crippen LogP contribution >= 0.6 is 0 Å². The Balaban J connectivity index is 0.844. The van der Waals surface area contributed by atoms with E-state index in [-0.39, 0.29) is 0 Å². The van der Waals surface area contributed by atoms with Crippen LogP contribution in [0.1, 0.15) is 0 Å². The molecule has 0 amide bonds. The number of hydrogen-bond acceptors (Lipinski definition) is 3. The van der Waals surface area contributed by atoms with Gasteiger partial charge in [-0.1, -0.05) is 382 Å². The minimum absolute atomic E-state index is 0.839. The van der Waals surface area contributed by atoms with Gasteiger partial charge in [-0.05, 0) is 109 Å². The molecule has 6 nitrogen and oxygen atoms in total. The second-order valence-corrected chi connectivity index (χ2v) is 27.3. The molecule has 0 atom stereocenters. The summed E-state index contributed by atoms with van der Waals surface area (Å²) in [7, 11) is 0. The summed E-state index contributed by atoms with van der Waals surface area (Å²) in [5.74, 6) is 2.54. The Morgan fingerprint density at radius 1 is 0.147 bits per heavy atom. The molecular weight excluding hydrogens is 1320 g/mol. The number of aromatic nitrogens is 6. The third-order valence-electron chi connectivity index (χ3n) is 20.7. The maximum Gasteiger partial charge on any atom is 0.145 e.